The van der Waals surface area contributed by atoms with Crippen molar-refractivity contribution < 1.29 is 24.6 Å². The molecule has 3 aromatic rings. The van der Waals surface area contributed by atoms with Gasteiger partial charge in [-0.3, -0.25) is 15.3 Å². The van der Waals surface area contributed by atoms with E-state index in [-0.39, 0.29) is 11.7 Å². The van der Waals surface area contributed by atoms with Gasteiger partial charge in [-0.25, -0.2) is 10.3 Å². The van der Waals surface area contributed by atoms with Crippen LogP contribution in [0, 0.1) is 17.2 Å². The zero-order valence-corrected chi connectivity index (χ0v) is 18.6. The quantitative estimate of drug-likeness (QED) is 0.208. The van der Waals surface area contributed by atoms with Crippen molar-refractivity contribution in [3.8, 4) is 11.8 Å². The maximum Gasteiger partial charge on any atom is 0.412 e. The third-order valence-electron chi connectivity index (χ3n) is 5.42. The molecule has 0 fully saturated rings. The molecule has 0 saturated heterocycles. The van der Waals surface area contributed by atoms with Crippen molar-refractivity contribution in [2.75, 3.05) is 5.32 Å². The normalized spacial score (nSPS) is 12.6. The fraction of sp³-hybridized carbons (Fsp3) is 0.192. The van der Waals surface area contributed by atoms with Crippen LogP contribution in [-0.2, 0) is 9.53 Å². The average molecular weight is 460 g/mol. The van der Waals surface area contributed by atoms with Gasteiger partial charge in [-0.2, -0.15) is 5.26 Å². The minimum absolute atomic E-state index is 0.130. The largest absolute Gasteiger partial charge is 0.507 e. The number of anilines is 1. The van der Waals surface area contributed by atoms with E-state index in [4.69, 9.17) is 15.2 Å². The predicted octanol–water partition coefficient (Wildman–Crippen LogP) is 5.18. The lowest BCUT2D eigenvalue weighted by Crippen LogP contribution is -2.22. The molecule has 2 atom stereocenters. The molecule has 0 heterocycles. The summed E-state index contributed by atoms with van der Waals surface area (Å²) in [7, 11) is 0. The number of nitrogens with one attached hydrogen (secondary N) is 2. The summed E-state index contributed by atoms with van der Waals surface area (Å²) in [6.45, 7) is 1.93. The number of carbonyl (C=O) groups excluding carboxylic acids is 2. The van der Waals surface area contributed by atoms with Crippen LogP contribution < -0.4 is 10.8 Å². The van der Waals surface area contributed by atoms with Gasteiger partial charge in [0, 0.05) is 22.7 Å². The van der Waals surface area contributed by atoms with Crippen LogP contribution in [0.25, 0.3) is 10.8 Å². The first-order valence-electron chi connectivity index (χ1n) is 10.7. The van der Waals surface area contributed by atoms with Gasteiger partial charge in [0.15, 0.2) is 0 Å². The lowest BCUT2D eigenvalue weighted by Gasteiger charge is -2.26. The SMILES string of the molecule is C[C@H](CC/C=C/C(=O)NO)[C@@H](OC(=O)Nc1ccc(C#N)cc1)c1ccc(O)c2ccccc12. The summed E-state index contributed by atoms with van der Waals surface area (Å²) in [6.07, 6.45) is 2.65. The Morgan fingerprint density at radius 3 is 2.47 bits per heavy atom. The van der Waals surface area contributed by atoms with Crippen molar-refractivity contribution in [3.63, 3.8) is 0 Å². The maximum absolute atomic E-state index is 12.8. The summed E-state index contributed by atoms with van der Waals surface area (Å²) in [5.41, 5.74) is 3.25. The van der Waals surface area contributed by atoms with Crippen molar-refractivity contribution in [3.05, 3.63) is 83.9 Å². The average Bonchev–Trinajstić information content (AvgIpc) is 2.86. The summed E-state index contributed by atoms with van der Waals surface area (Å²) in [5.74, 6) is -0.640. The second-order valence-electron chi connectivity index (χ2n) is 7.79. The summed E-state index contributed by atoms with van der Waals surface area (Å²) in [4.78, 5) is 24.0. The van der Waals surface area contributed by atoms with Gasteiger partial charge in [0.1, 0.15) is 11.9 Å². The topological polar surface area (TPSA) is 132 Å². The third-order valence-corrected chi connectivity index (χ3v) is 5.42. The summed E-state index contributed by atoms with van der Waals surface area (Å²) in [6, 6.07) is 19.1. The molecular formula is C26H25N3O5. The highest BCUT2D eigenvalue weighted by Gasteiger charge is 2.26. The van der Waals surface area contributed by atoms with Crippen LogP contribution in [0.2, 0.25) is 0 Å². The zero-order chi connectivity index (χ0) is 24.5. The lowest BCUT2D eigenvalue weighted by atomic mass is 9.89. The molecule has 0 aliphatic rings. The van der Waals surface area contributed by atoms with Crippen molar-refractivity contribution >= 4 is 28.5 Å². The van der Waals surface area contributed by atoms with Crippen molar-refractivity contribution in [2.24, 2.45) is 5.92 Å². The van der Waals surface area contributed by atoms with Crippen molar-refractivity contribution in [1.29, 1.82) is 5.26 Å². The highest BCUT2D eigenvalue weighted by molar-refractivity contribution is 5.91. The van der Waals surface area contributed by atoms with E-state index in [1.165, 1.54) is 11.6 Å². The van der Waals surface area contributed by atoms with Gasteiger partial charge in [0.2, 0.25) is 0 Å². The molecule has 4 N–H and O–H groups in total. The van der Waals surface area contributed by atoms with E-state index in [0.29, 0.717) is 29.5 Å². The Morgan fingerprint density at radius 2 is 1.79 bits per heavy atom. The number of nitriles is 1. The van der Waals surface area contributed by atoms with Gasteiger partial charge in [-0.05, 0) is 54.5 Å². The Labute approximate surface area is 197 Å². The van der Waals surface area contributed by atoms with Gasteiger partial charge >= 0.3 is 6.09 Å². The number of hydroxylamine groups is 1. The first-order valence-corrected chi connectivity index (χ1v) is 10.7. The maximum atomic E-state index is 12.8. The van der Waals surface area contributed by atoms with E-state index in [1.54, 1.807) is 48.5 Å². The lowest BCUT2D eigenvalue weighted by molar-refractivity contribution is -0.124. The van der Waals surface area contributed by atoms with E-state index in [1.807, 2.05) is 31.2 Å². The monoisotopic (exact) mass is 459 g/mol. The fourth-order valence-corrected chi connectivity index (χ4v) is 3.67. The van der Waals surface area contributed by atoms with Crippen LogP contribution in [0.15, 0.2) is 72.8 Å². The third kappa shape index (κ3) is 6.12. The number of phenols is 1. The predicted molar refractivity (Wildman–Crippen MR) is 127 cm³/mol. The van der Waals surface area contributed by atoms with Crippen molar-refractivity contribution in [1.82, 2.24) is 5.48 Å². The molecule has 0 spiro atoms. The van der Waals surface area contributed by atoms with Gasteiger partial charge in [-0.1, -0.05) is 43.3 Å². The number of amides is 2. The highest BCUT2D eigenvalue weighted by atomic mass is 16.6. The molecule has 0 aromatic heterocycles. The molecule has 0 saturated carbocycles. The van der Waals surface area contributed by atoms with Gasteiger partial charge in [0.05, 0.1) is 11.6 Å². The molecule has 0 radical (unpaired) electrons. The van der Waals surface area contributed by atoms with Crippen molar-refractivity contribution in [2.45, 2.75) is 25.9 Å². The first-order chi connectivity index (χ1) is 16.4. The molecule has 3 aromatic carbocycles. The van der Waals surface area contributed by atoms with Crippen LogP contribution in [-0.4, -0.2) is 22.3 Å². The van der Waals surface area contributed by atoms with Crippen LogP contribution in [0.3, 0.4) is 0 Å². The molecule has 34 heavy (non-hydrogen) atoms. The molecule has 174 valence electrons. The molecular weight excluding hydrogens is 434 g/mol. The molecule has 0 bridgehead atoms. The first kappa shape index (κ1) is 24.3. The van der Waals surface area contributed by atoms with E-state index >= 15 is 0 Å². The summed E-state index contributed by atoms with van der Waals surface area (Å²) < 4.78 is 5.87. The number of aromatic hydroxyl groups is 1. The van der Waals surface area contributed by atoms with Crippen LogP contribution in [0.1, 0.15) is 37.0 Å². The minimum atomic E-state index is -0.658. The number of hydrogen-bond donors (Lipinski definition) is 4. The second kappa shape index (κ2) is 11.5. The van der Waals surface area contributed by atoms with Gasteiger partial charge in [0.25, 0.3) is 5.91 Å². The Morgan fingerprint density at radius 1 is 1.09 bits per heavy atom. The standard InChI is InChI=1S/C26H25N3O5/c1-17(6-2-5-9-24(31)29-33)25(22-14-15-23(30)21-8-4-3-7-20(21)22)34-26(32)28-19-12-10-18(16-27)11-13-19/h3-5,7-15,17,25,30,33H,2,6H2,1H3,(H,28,32)(H,29,31)/b9-5+/t17-,25-/m1/s1. The number of rotatable bonds is 8. The highest BCUT2D eigenvalue weighted by Crippen LogP contribution is 2.37. The molecule has 3 rings (SSSR count). The molecule has 0 unspecified atom stereocenters. The number of allylic oxidation sites excluding steroid dienone is 1. The van der Waals surface area contributed by atoms with E-state index in [2.05, 4.69) is 5.32 Å². The van der Waals surface area contributed by atoms with Gasteiger partial charge < -0.3 is 9.84 Å². The smallest absolute Gasteiger partial charge is 0.412 e. The Hall–Kier alpha value is -4.35. The van der Waals surface area contributed by atoms with Crippen LogP contribution in [0.4, 0.5) is 10.5 Å². The number of hydrogen-bond acceptors (Lipinski definition) is 6. The fourth-order valence-electron chi connectivity index (χ4n) is 3.67. The number of carbonyl (C=O) groups is 2. The molecule has 0 aliphatic carbocycles. The van der Waals surface area contributed by atoms with Crippen LogP contribution >= 0.6 is 0 Å². The molecule has 8 nitrogen and oxygen atoms in total. The van der Waals surface area contributed by atoms with E-state index in [9.17, 15) is 14.7 Å². The summed E-state index contributed by atoms with van der Waals surface area (Å²) >= 11 is 0. The number of phenolic OH excluding ortho intramolecular Hbond substituents is 1. The van der Waals surface area contributed by atoms with E-state index in [0.717, 1.165) is 10.9 Å². The van der Waals surface area contributed by atoms with Crippen LogP contribution in [0.5, 0.6) is 5.75 Å². The zero-order valence-electron chi connectivity index (χ0n) is 18.6. The molecule has 8 heteroatoms. The number of ether oxygens (including phenoxy) is 1. The summed E-state index contributed by atoms with van der Waals surface area (Å²) in [5, 5.41) is 31.9. The number of fused-ring (bicyclic) bond motifs is 1. The number of nitrogens with zero attached hydrogens (tertiary/aromatic N) is 1. The van der Waals surface area contributed by atoms with Gasteiger partial charge in [-0.15, -0.1) is 0 Å². The van der Waals surface area contributed by atoms with E-state index < -0.39 is 18.1 Å². The minimum Gasteiger partial charge on any atom is -0.507 e. The second-order valence-corrected chi connectivity index (χ2v) is 7.79. The molecule has 0 aliphatic heterocycles. The number of benzene rings is 3. The Bertz CT molecular complexity index is 1230. The Balaban J connectivity index is 1.85. The Kier molecular flexibility index (Phi) is 8.21. The molecule has 2 amide bonds.